The Morgan fingerprint density at radius 3 is 1.43 bits per heavy atom. The van der Waals surface area contributed by atoms with Crippen LogP contribution in [0.15, 0.2) is 0 Å². The molecule has 0 rings (SSSR count). The summed E-state index contributed by atoms with van der Waals surface area (Å²) in [7, 11) is -0.389. The number of hydrogen-bond acceptors (Lipinski definition) is 4. The average Bonchev–Trinajstić information content (AvgIpc) is 1.80. The van der Waals surface area contributed by atoms with Crippen LogP contribution in [0.5, 0.6) is 0 Å². The highest BCUT2D eigenvalue weighted by Gasteiger charge is 2.04. The van der Waals surface area contributed by atoms with Gasteiger partial charge in [0.25, 0.3) is 0 Å². The molecule has 0 fully saturated rings. The molecule has 0 N–H and O–H groups in total. The van der Waals surface area contributed by atoms with Gasteiger partial charge < -0.3 is 9.90 Å². The van der Waals surface area contributed by atoms with E-state index in [0.29, 0.717) is 0 Å². The van der Waals surface area contributed by atoms with E-state index < -0.39 is 24.0 Å². The molecule has 0 aliphatic rings. The minimum absolute atomic E-state index is 0.389. The Morgan fingerprint density at radius 1 is 1.07 bits per heavy atom. The van der Waals surface area contributed by atoms with Gasteiger partial charge in [0.2, 0.25) is 0 Å². The van der Waals surface area contributed by atoms with Crippen LogP contribution < -0.4 is 5.11 Å². The third-order valence-electron chi connectivity index (χ3n) is 0.637. The van der Waals surface area contributed by atoms with Crippen LogP contribution in [0.3, 0.4) is 0 Å². The maximum atomic E-state index is 10.1. The van der Waals surface area contributed by atoms with Crippen molar-refractivity contribution in [2.75, 3.05) is 26.7 Å². The van der Waals surface area contributed by atoms with E-state index in [4.69, 9.17) is 0 Å². The number of carbonyl (C=O) groups is 3. The van der Waals surface area contributed by atoms with E-state index in [-0.39, 0.29) is 7.26 Å². The lowest BCUT2D eigenvalue weighted by Gasteiger charge is -1.97. The van der Waals surface area contributed by atoms with Gasteiger partial charge in [-0.25, -0.2) is 0 Å². The van der Waals surface area contributed by atoms with Crippen molar-refractivity contribution < 1.29 is 19.5 Å². The maximum Gasteiger partial charge on any atom is 0.185 e. The second-order valence-electron chi connectivity index (χ2n) is 4.27. The lowest BCUT2D eigenvalue weighted by Crippen LogP contribution is -2.32. The van der Waals surface area contributed by atoms with Crippen LogP contribution in [0, 0.1) is 0 Å². The molecule has 0 unspecified atom stereocenters. The Balaban J connectivity index is 0. The molecule has 0 radical (unpaired) electrons. The van der Waals surface area contributed by atoms with E-state index in [2.05, 4.69) is 26.7 Å². The first-order chi connectivity index (χ1) is 6.04. The Kier molecular flexibility index (Phi) is 7.47. The third-order valence-corrected chi connectivity index (χ3v) is 0.637. The highest BCUT2D eigenvalue weighted by atomic mass is 31.2. The molecule has 0 atom stereocenters. The van der Waals surface area contributed by atoms with Crippen molar-refractivity contribution in [2.45, 2.75) is 13.3 Å². The standard InChI is InChI=1S/C5H6O4.C4H12P/c1-3(6)2-4(7)5(8)9;1-5(2,3)4/h2H2,1H3,(H,8,9);1-4H3/q;+1/p-1. The molecule has 0 spiro atoms. The molecule has 14 heavy (non-hydrogen) atoms. The van der Waals surface area contributed by atoms with Crippen molar-refractivity contribution in [3.63, 3.8) is 0 Å². The lowest BCUT2D eigenvalue weighted by atomic mass is 10.2. The molecule has 0 saturated heterocycles. The van der Waals surface area contributed by atoms with Crippen molar-refractivity contribution >= 4 is 24.8 Å². The number of aliphatic carboxylic acids is 1. The molecule has 0 bridgehead atoms. The zero-order valence-electron chi connectivity index (χ0n) is 9.29. The molecule has 5 heteroatoms. The molecule has 0 aliphatic carbocycles. The van der Waals surface area contributed by atoms with Crippen molar-refractivity contribution in [2.24, 2.45) is 0 Å². The highest BCUT2D eigenvalue weighted by molar-refractivity contribution is 7.73. The van der Waals surface area contributed by atoms with Gasteiger partial charge >= 0.3 is 0 Å². The van der Waals surface area contributed by atoms with E-state index in [1.807, 2.05) is 0 Å². The SMILES string of the molecule is CC(=O)CC(=O)C(=O)[O-].C[P+](C)(C)C. The van der Waals surface area contributed by atoms with Gasteiger partial charge in [0, 0.05) is 33.9 Å². The minimum Gasteiger partial charge on any atom is -0.542 e. The summed E-state index contributed by atoms with van der Waals surface area (Å²) in [5.74, 6) is -3.43. The summed E-state index contributed by atoms with van der Waals surface area (Å²) < 4.78 is 0. The van der Waals surface area contributed by atoms with Gasteiger partial charge in [-0.05, 0) is 6.92 Å². The molecule has 0 heterocycles. The molecular weight excluding hydrogens is 203 g/mol. The Morgan fingerprint density at radius 2 is 1.36 bits per heavy atom. The quantitative estimate of drug-likeness (QED) is 0.375. The van der Waals surface area contributed by atoms with E-state index in [1.165, 1.54) is 0 Å². The van der Waals surface area contributed by atoms with Crippen LogP contribution in [-0.2, 0) is 14.4 Å². The predicted octanol–water partition coefficient (Wildman–Crippen LogP) is -0.192. The summed E-state index contributed by atoms with van der Waals surface area (Å²) in [5, 5.41) is 9.62. The van der Waals surface area contributed by atoms with Crippen molar-refractivity contribution in [1.29, 1.82) is 0 Å². The number of carbonyl (C=O) groups excluding carboxylic acids is 3. The molecule has 82 valence electrons. The van der Waals surface area contributed by atoms with Crippen LogP contribution >= 0.6 is 7.26 Å². The molecule has 0 aromatic rings. The van der Waals surface area contributed by atoms with E-state index in [9.17, 15) is 19.5 Å². The van der Waals surface area contributed by atoms with Gasteiger partial charge in [0.05, 0.1) is 6.42 Å². The molecule has 0 aromatic carbocycles. The fourth-order valence-corrected chi connectivity index (χ4v) is 0.298. The number of Topliss-reactive ketones (excluding diaryl/α,β-unsaturated/α-hetero) is 2. The lowest BCUT2D eigenvalue weighted by molar-refractivity contribution is -0.300. The predicted molar refractivity (Wildman–Crippen MR) is 55.9 cm³/mol. The summed E-state index contributed by atoms with van der Waals surface area (Å²) in [6.45, 7) is 10.3. The molecule has 0 aromatic heterocycles. The number of hydrogen-bond donors (Lipinski definition) is 0. The zero-order chi connectivity index (χ0) is 11.9. The second-order valence-corrected chi connectivity index (χ2v) is 9.64. The minimum atomic E-state index is -1.80. The number of rotatable bonds is 3. The summed E-state index contributed by atoms with van der Waals surface area (Å²) in [6, 6.07) is 0. The van der Waals surface area contributed by atoms with Gasteiger partial charge in [-0.2, -0.15) is 0 Å². The summed E-state index contributed by atoms with van der Waals surface area (Å²) >= 11 is 0. The number of carboxylic acid groups (broad SMARTS) is 1. The molecule has 0 aliphatic heterocycles. The van der Waals surface area contributed by atoms with Gasteiger partial charge in [-0.3, -0.25) is 9.59 Å². The van der Waals surface area contributed by atoms with Crippen molar-refractivity contribution in [3.05, 3.63) is 0 Å². The first-order valence-corrected chi connectivity index (χ1v) is 7.64. The van der Waals surface area contributed by atoms with Crippen LogP contribution in [0.2, 0.25) is 0 Å². The first-order valence-electron chi connectivity index (χ1n) is 4.06. The van der Waals surface area contributed by atoms with Crippen molar-refractivity contribution in [1.82, 2.24) is 0 Å². The highest BCUT2D eigenvalue weighted by Crippen LogP contribution is 2.40. The molecular formula is C9H17O4P. The van der Waals surface area contributed by atoms with E-state index in [1.54, 1.807) is 0 Å². The maximum absolute atomic E-state index is 10.1. The smallest absolute Gasteiger partial charge is 0.185 e. The second kappa shape index (κ2) is 6.66. The summed E-state index contributed by atoms with van der Waals surface area (Å²) in [4.78, 5) is 29.7. The van der Waals surface area contributed by atoms with E-state index in [0.717, 1.165) is 6.92 Å². The van der Waals surface area contributed by atoms with Crippen LogP contribution in [0.25, 0.3) is 0 Å². The van der Waals surface area contributed by atoms with Gasteiger partial charge in [0.1, 0.15) is 11.8 Å². The third kappa shape index (κ3) is 22.5. The van der Waals surface area contributed by atoms with Crippen LogP contribution in [0.4, 0.5) is 0 Å². The largest absolute Gasteiger partial charge is 0.542 e. The zero-order valence-corrected chi connectivity index (χ0v) is 10.2. The Bertz CT molecular complexity index is 221. The molecule has 0 amide bonds. The van der Waals surface area contributed by atoms with Gasteiger partial charge in [-0.15, -0.1) is 0 Å². The molecule has 0 saturated carbocycles. The van der Waals surface area contributed by atoms with Crippen LogP contribution in [-0.4, -0.2) is 44.2 Å². The summed E-state index contributed by atoms with van der Waals surface area (Å²) in [5.41, 5.74) is 0. The van der Waals surface area contributed by atoms with E-state index >= 15 is 0 Å². The van der Waals surface area contributed by atoms with Gasteiger partial charge in [0.15, 0.2) is 5.78 Å². The Labute approximate surface area is 85.0 Å². The van der Waals surface area contributed by atoms with Crippen LogP contribution in [0.1, 0.15) is 13.3 Å². The fraction of sp³-hybridized carbons (Fsp3) is 0.667. The normalized spacial score (nSPS) is 9.79. The number of ketones is 2. The Hall–Kier alpha value is -0.760. The van der Waals surface area contributed by atoms with Crippen molar-refractivity contribution in [3.8, 4) is 0 Å². The van der Waals surface area contributed by atoms with Gasteiger partial charge in [-0.1, -0.05) is 0 Å². The first kappa shape index (κ1) is 15.7. The topological polar surface area (TPSA) is 74.3 Å². The molecule has 4 nitrogen and oxygen atoms in total. The fourth-order valence-electron chi connectivity index (χ4n) is 0.298. The average molecular weight is 220 g/mol. The number of carboxylic acids is 1. The monoisotopic (exact) mass is 220 g/mol. The summed E-state index contributed by atoms with van der Waals surface area (Å²) in [6.07, 6.45) is -0.567.